The van der Waals surface area contributed by atoms with Crippen LogP contribution in [0.5, 0.6) is 0 Å². The van der Waals surface area contributed by atoms with Gasteiger partial charge in [-0.3, -0.25) is 0 Å². The fourth-order valence-corrected chi connectivity index (χ4v) is 2.69. The zero-order valence-electron chi connectivity index (χ0n) is 13.8. The van der Waals surface area contributed by atoms with Crippen molar-refractivity contribution in [2.45, 2.75) is 39.2 Å². The Labute approximate surface area is 132 Å². The van der Waals surface area contributed by atoms with Crippen molar-refractivity contribution in [2.75, 3.05) is 30.3 Å². The molecule has 2 rings (SSSR count). The van der Waals surface area contributed by atoms with E-state index in [1.807, 2.05) is 32.9 Å². The first-order valence-electron chi connectivity index (χ1n) is 7.91. The molecule has 122 valence electrons. The van der Waals surface area contributed by atoms with Crippen LogP contribution < -0.4 is 16.0 Å². The average molecular weight is 305 g/mol. The van der Waals surface area contributed by atoms with Gasteiger partial charge in [-0.05, 0) is 63.8 Å². The first kappa shape index (κ1) is 16.5. The Balaban J connectivity index is 1.83. The number of anilines is 2. The van der Waals surface area contributed by atoms with Gasteiger partial charge in [-0.25, -0.2) is 4.79 Å². The van der Waals surface area contributed by atoms with E-state index in [2.05, 4.69) is 22.3 Å². The topological polar surface area (TPSA) is 67.6 Å². The summed E-state index contributed by atoms with van der Waals surface area (Å²) in [6.45, 7) is 8.26. The number of rotatable bonds is 3. The summed E-state index contributed by atoms with van der Waals surface area (Å²) in [6, 6.07) is 7.97. The second-order valence-electron chi connectivity index (χ2n) is 6.93. The van der Waals surface area contributed by atoms with E-state index in [1.165, 1.54) is 5.69 Å². The summed E-state index contributed by atoms with van der Waals surface area (Å²) in [5, 5.41) is 2.88. The number of alkyl carbamates (subject to hydrolysis) is 1. The number of nitrogens with one attached hydrogen (secondary N) is 1. The van der Waals surface area contributed by atoms with Gasteiger partial charge in [-0.2, -0.15) is 0 Å². The Kier molecular flexibility index (Phi) is 5.16. The first-order valence-corrected chi connectivity index (χ1v) is 7.91. The minimum Gasteiger partial charge on any atom is -0.444 e. The van der Waals surface area contributed by atoms with Crippen LogP contribution in [0.15, 0.2) is 24.3 Å². The smallest absolute Gasteiger partial charge is 0.407 e. The number of amides is 1. The largest absolute Gasteiger partial charge is 0.444 e. The zero-order valence-corrected chi connectivity index (χ0v) is 13.8. The molecule has 0 aliphatic carbocycles. The van der Waals surface area contributed by atoms with E-state index < -0.39 is 5.60 Å². The van der Waals surface area contributed by atoms with Crippen molar-refractivity contribution in [3.8, 4) is 0 Å². The van der Waals surface area contributed by atoms with E-state index in [0.29, 0.717) is 12.5 Å². The molecule has 3 N–H and O–H groups in total. The minimum absolute atomic E-state index is 0.336. The number of carbonyl (C=O) groups excluding carboxylic acids is 1. The molecule has 0 aromatic heterocycles. The summed E-state index contributed by atoms with van der Waals surface area (Å²) in [5.74, 6) is 0.443. The van der Waals surface area contributed by atoms with Crippen molar-refractivity contribution in [1.29, 1.82) is 0 Å². The molecule has 5 nitrogen and oxygen atoms in total. The van der Waals surface area contributed by atoms with Gasteiger partial charge in [0, 0.05) is 31.0 Å². The Morgan fingerprint density at radius 3 is 2.68 bits per heavy atom. The molecule has 0 radical (unpaired) electrons. The molecule has 0 unspecified atom stereocenters. The molecule has 1 aromatic carbocycles. The summed E-state index contributed by atoms with van der Waals surface area (Å²) >= 11 is 0. The molecule has 1 amide bonds. The van der Waals surface area contributed by atoms with Crippen molar-refractivity contribution in [3.05, 3.63) is 24.3 Å². The Morgan fingerprint density at radius 1 is 1.36 bits per heavy atom. The number of hydrogen-bond acceptors (Lipinski definition) is 4. The van der Waals surface area contributed by atoms with Gasteiger partial charge in [0.1, 0.15) is 5.60 Å². The molecule has 0 spiro atoms. The van der Waals surface area contributed by atoms with Crippen LogP contribution in [-0.2, 0) is 4.74 Å². The molecule has 1 saturated heterocycles. The number of hydrogen-bond donors (Lipinski definition) is 2. The van der Waals surface area contributed by atoms with Crippen LogP contribution in [0.4, 0.5) is 16.2 Å². The van der Waals surface area contributed by atoms with Gasteiger partial charge in [0.15, 0.2) is 0 Å². The molecule has 1 atom stereocenters. The van der Waals surface area contributed by atoms with Gasteiger partial charge < -0.3 is 20.7 Å². The highest BCUT2D eigenvalue weighted by Gasteiger charge is 2.22. The van der Waals surface area contributed by atoms with Gasteiger partial charge in [-0.15, -0.1) is 0 Å². The molecule has 0 saturated carbocycles. The maximum Gasteiger partial charge on any atom is 0.407 e. The maximum atomic E-state index is 11.7. The molecule has 1 aliphatic heterocycles. The summed E-state index contributed by atoms with van der Waals surface area (Å²) in [5.41, 5.74) is 7.26. The molecule has 1 aromatic rings. The van der Waals surface area contributed by atoms with Crippen LogP contribution in [0.2, 0.25) is 0 Å². The van der Waals surface area contributed by atoms with Crippen molar-refractivity contribution >= 4 is 17.5 Å². The molecular weight excluding hydrogens is 278 g/mol. The lowest BCUT2D eigenvalue weighted by atomic mass is 9.97. The minimum atomic E-state index is -0.452. The number of ether oxygens (including phenoxy) is 1. The fraction of sp³-hybridized carbons (Fsp3) is 0.588. The lowest BCUT2D eigenvalue weighted by Crippen LogP contribution is -2.42. The Bertz CT molecular complexity index is 494. The number of carbonyl (C=O) groups is 1. The van der Waals surface area contributed by atoms with E-state index in [-0.39, 0.29) is 6.09 Å². The molecule has 22 heavy (non-hydrogen) atoms. The highest BCUT2D eigenvalue weighted by atomic mass is 16.6. The van der Waals surface area contributed by atoms with Crippen LogP contribution in [-0.4, -0.2) is 31.3 Å². The molecule has 0 bridgehead atoms. The van der Waals surface area contributed by atoms with Gasteiger partial charge in [0.05, 0.1) is 0 Å². The normalized spacial score (nSPS) is 18.9. The van der Waals surface area contributed by atoms with Crippen LogP contribution >= 0.6 is 0 Å². The van der Waals surface area contributed by atoms with Crippen molar-refractivity contribution < 1.29 is 9.53 Å². The highest BCUT2D eigenvalue weighted by Crippen LogP contribution is 2.23. The lowest BCUT2D eigenvalue weighted by molar-refractivity contribution is 0.0517. The number of piperidine rings is 1. The third-order valence-electron chi connectivity index (χ3n) is 3.71. The third kappa shape index (κ3) is 5.13. The van der Waals surface area contributed by atoms with Crippen molar-refractivity contribution in [2.24, 2.45) is 5.92 Å². The van der Waals surface area contributed by atoms with E-state index >= 15 is 0 Å². The van der Waals surface area contributed by atoms with Gasteiger partial charge >= 0.3 is 6.09 Å². The van der Waals surface area contributed by atoms with Gasteiger partial charge in [0.25, 0.3) is 0 Å². The molecule has 1 aliphatic rings. The first-order chi connectivity index (χ1) is 10.3. The molecule has 1 fully saturated rings. The zero-order chi connectivity index (χ0) is 16.2. The molecule has 1 heterocycles. The number of nitrogens with two attached hydrogens (primary N) is 1. The van der Waals surface area contributed by atoms with Crippen LogP contribution in [0.1, 0.15) is 33.6 Å². The SMILES string of the molecule is CC(C)(C)OC(=O)NC[C@H]1CCCN(c2ccc(N)cc2)C1. The fourth-order valence-electron chi connectivity index (χ4n) is 2.69. The van der Waals surface area contributed by atoms with E-state index in [0.717, 1.165) is 31.6 Å². The second-order valence-corrected chi connectivity index (χ2v) is 6.93. The summed E-state index contributed by atoms with van der Waals surface area (Å²) in [4.78, 5) is 14.1. The highest BCUT2D eigenvalue weighted by molar-refractivity contribution is 5.67. The van der Waals surface area contributed by atoms with Crippen LogP contribution in [0.3, 0.4) is 0 Å². The summed E-state index contributed by atoms with van der Waals surface area (Å²) < 4.78 is 5.28. The Hall–Kier alpha value is -1.91. The van der Waals surface area contributed by atoms with Crippen molar-refractivity contribution in [3.63, 3.8) is 0 Å². The Morgan fingerprint density at radius 2 is 2.05 bits per heavy atom. The predicted molar refractivity (Wildman–Crippen MR) is 90.0 cm³/mol. The molecule has 5 heteroatoms. The standard InChI is InChI=1S/C17H27N3O2/c1-17(2,3)22-16(21)19-11-13-5-4-10-20(12-13)15-8-6-14(18)7-9-15/h6-9,13H,4-5,10-12,18H2,1-3H3,(H,19,21)/t13-/m1/s1. The van der Waals surface area contributed by atoms with Gasteiger partial charge in [-0.1, -0.05) is 0 Å². The monoisotopic (exact) mass is 305 g/mol. The van der Waals surface area contributed by atoms with Gasteiger partial charge in [0.2, 0.25) is 0 Å². The lowest BCUT2D eigenvalue weighted by Gasteiger charge is -2.34. The number of nitrogen functional groups attached to an aromatic ring is 1. The summed E-state index contributed by atoms with van der Waals surface area (Å²) in [7, 11) is 0. The van der Waals surface area contributed by atoms with E-state index in [9.17, 15) is 4.79 Å². The van der Waals surface area contributed by atoms with E-state index in [1.54, 1.807) is 0 Å². The van der Waals surface area contributed by atoms with Crippen LogP contribution in [0, 0.1) is 5.92 Å². The van der Waals surface area contributed by atoms with Crippen LogP contribution in [0.25, 0.3) is 0 Å². The van der Waals surface area contributed by atoms with Crippen molar-refractivity contribution in [1.82, 2.24) is 5.32 Å². The maximum absolute atomic E-state index is 11.7. The average Bonchev–Trinajstić information content (AvgIpc) is 2.44. The predicted octanol–water partition coefficient (Wildman–Crippen LogP) is 3.01. The second kappa shape index (κ2) is 6.90. The summed E-state index contributed by atoms with van der Waals surface area (Å²) in [6.07, 6.45) is 1.92. The number of benzene rings is 1. The number of nitrogens with zero attached hydrogens (tertiary/aromatic N) is 1. The third-order valence-corrected chi connectivity index (χ3v) is 3.71. The van der Waals surface area contributed by atoms with E-state index in [4.69, 9.17) is 10.5 Å². The quantitative estimate of drug-likeness (QED) is 0.842. The molecular formula is C17H27N3O2.